The van der Waals surface area contributed by atoms with Crippen LogP contribution in [0.3, 0.4) is 0 Å². The van der Waals surface area contributed by atoms with E-state index in [4.69, 9.17) is 5.11 Å². The highest BCUT2D eigenvalue weighted by Crippen LogP contribution is 2.31. The van der Waals surface area contributed by atoms with Gasteiger partial charge in [0.1, 0.15) is 23.0 Å². The van der Waals surface area contributed by atoms with E-state index in [0.29, 0.717) is 6.42 Å². The highest BCUT2D eigenvalue weighted by molar-refractivity contribution is 7.16. The fraction of sp³-hybridized carbons (Fsp3) is 0.562. The molecule has 0 aliphatic carbocycles. The van der Waals surface area contributed by atoms with E-state index in [1.165, 1.54) is 0 Å². The SMILES string of the molecule is CCC(CCO)NC(=O)C1CCCN1c1ncnc2sccc12. The largest absolute Gasteiger partial charge is 0.396 e. The van der Waals surface area contributed by atoms with Crippen molar-refractivity contribution >= 4 is 33.3 Å². The molecule has 0 bridgehead atoms. The second-order valence-corrected chi connectivity index (χ2v) is 6.71. The van der Waals surface area contributed by atoms with E-state index < -0.39 is 0 Å². The highest BCUT2D eigenvalue weighted by atomic mass is 32.1. The van der Waals surface area contributed by atoms with Crippen LogP contribution in [0.5, 0.6) is 0 Å². The first kappa shape index (κ1) is 16.1. The van der Waals surface area contributed by atoms with Gasteiger partial charge >= 0.3 is 0 Å². The lowest BCUT2D eigenvalue weighted by atomic mass is 10.1. The fourth-order valence-corrected chi connectivity index (χ4v) is 3.86. The molecule has 6 nitrogen and oxygen atoms in total. The molecule has 23 heavy (non-hydrogen) atoms. The van der Waals surface area contributed by atoms with E-state index >= 15 is 0 Å². The van der Waals surface area contributed by atoms with Crippen LogP contribution in [0.25, 0.3) is 10.2 Å². The number of carbonyl (C=O) groups excluding carboxylic acids is 1. The minimum Gasteiger partial charge on any atom is -0.396 e. The first-order chi connectivity index (χ1) is 11.2. The van der Waals surface area contributed by atoms with Gasteiger partial charge in [-0.1, -0.05) is 6.92 Å². The summed E-state index contributed by atoms with van der Waals surface area (Å²) < 4.78 is 0. The second kappa shape index (κ2) is 7.23. The number of nitrogens with one attached hydrogen (secondary N) is 1. The van der Waals surface area contributed by atoms with Gasteiger partial charge in [-0.15, -0.1) is 11.3 Å². The maximum Gasteiger partial charge on any atom is 0.242 e. The maximum absolute atomic E-state index is 12.7. The summed E-state index contributed by atoms with van der Waals surface area (Å²) in [5, 5.41) is 15.2. The molecule has 1 aliphatic heterocycles. The topological polar surface area (TPSA) is 78.4 Å². The standard InChI is InChI=1S/C16H22N4O2S/c1-2-11(5-8-21)19-15(22)13-4-3-7-20(13)14-12-6-9-23-16(12)18-10-17-14/h6,9-11,13,21H,2-5,7-8H2,1H3,(H,19,22). The van der Waals surface area contributed by atoms with Crippen molar-refractivity contribution in [1.29, 1.82) is 0 Å². The summed E-state index contributed by atoms with van der Waals surface area (Å²) >= 11 is 1.58. The average Bonchev–Trinajstić information content (AvgIpc) is 3.22. The normalized spacial score (nSPS) is 19.2. The number of hydrogen-bond acceptors (Lipinski definition) is 6. The monoisotopic (exact) mass is 334 g/mol. The summed E-state index contributed by atoms with van der Waals surface area (Å²) in [6, 6.07) is 1.85. The number of rotatable bonds is 6. The molecule has 2 unspecified atom stereocenters. The summed E-state index contributed by atoms with van der Waals surface area (Å²) in [6.45, 7) is 2.94. The van der Waals surface area contributed by atoms with Gasteiger partial charge < -0.3 is 15.3 Å². The van der Waals surface area contributed by atoms with E-state index in [1.807, 2.05) is 18.4 Å². The van der Waals surface area contributed by atoms with Gasteiger partial charge in [-0.2, -0.15) is 0 Å². The van der Waals surface area contributed by atoms with Crippen LogP contribution in [0.4, 0.5) is 5.82 Å². The number of amides is 1. The van der Waals surface area contributed by atoms with Crippen LogP contribution in [-0.2, 0) is 4.79 Å². The van der Waals surface area contributed by atoms with Crippen molar-refractivity contribution in [3.63, 3.8) is 0 Å². The molecule has 7 heteroatoms. The van der Waals surface area contributed by atoms with Crippen molar-refractivity contribution < 1.29 is 9.90 Å². The van der Waals surface area contributed by atoms with Gasteiger partial charge in [-0.3, -0.25) is 4.79 Å². The summed E-state index contributed by atoms with van der Waals surface area (Å²) in [5.41, 5.74) is 0. The van der Waals surface area contributed by atoms with Crippen molar-refractivity contribution in [2.45, 2.75) is 44.7 Å². The minimum absolute atomic E-state index is 0.0292. The molecule has 0 aromatic carbocycles. The van der Waals surface area contributed by atoms with Crippen LogP contribution in [0, 0.1) is 0 Å². The Bertz CT molecular complexity index is 675. The van der Waals surface area contributed by atoms with Crippen molar-refractivity contribution in [3.05, 3.63) is 17.8 Å². The molecule has 2 aromatic rings. The zero-order chi connectivity index (χ0) is 16.2. The summed E-state index contributed by atoms with van der Waals surface area (Å²) in [5.74, 6) is 0.883. The van der Waals surface area contributed by atoms with E-state index in [-0.39, 0.29) is 24.6 Å². The molecule has 0 radical (unpaired) electrons. The van der Waals surface area contributed by atoms with Gasteiger partial charge in [0.25, 0.3) is 0 Å². The van der Waals surface area contributed by atoms with Crippen LogP contribution in [0.1, 0.15) is 32.6 Å². The molecule has 2 aromatic heterocycles. The van der Waals surface area contributed by atoms with Crippen molar-refractivity contribution in [1.82, 2.24) is 15.3 Å². The molecule has 124 valence electrons. The van der Waals surface area contributed by atoms with Gasteiger partial charge in [-0.05, 0) is 37.1 Å². The Morgan fingerprint density at radius 1 is 1.57 bits per heavy atom. The van der Waals surface area contributed by atoms with Gasteiger partial charge in [0, 0.05) is 19.2 Å². The highest BCUT2D eigenvalue weighted by Gasteiger charge is 2.33. The Hall–Kier alpha value is -1.73. The second-order valence-electron chi connectivity index (χ2n) is 5.81. The Balaban J connectivity index is 1.80. The zero-order valence-corrected chi connectivity index (χ0v) is 14.1. The van der Waals surface area contributed by atoms with Gasteiger partial charge in [-0.25, -0.2) is 9.97 Å². The number of aliphatic hydroxyl groups excluding tert-OH is 1. The molecule has 2 N–H and O–H groups in total. The van der Waals surface area contributed by atoms with Crippen molar-refractivity contribution in [2.24, 2.45) is 0 Å². The van der Waals surface area contributed by atoms with E-state index in [9.17, 15) is 4.79 Å². The Morgan fingerprint density at radius 3 is 3.22 bits per heavy atom. The van der Waals surface area contributed by atoms with Crippen molar-refractivity contribution in [3.8, 4) is 0 Å². The third-order valence-corrected chi connectivity index (χ3v) is 5.21. The lowest BCUT2D eigenvalue weighted by molar-refractivity contribution is -0.123. The molecule has 1 fully saturated rings. The predicted octanol–water partition coefficient (Wildman–Crippen LogP) is 1.94. The number of aromatic nitrogens is 2. The van der Waals surface area contributed by atoms with Crippen LogP contribution >= 0.6 is 11.3 Å². The Labute approximate surface area is 139 Å². The van der Waals surface area contributed by atoms with Gasteiger partial charge in [0.15, 0.2) is 0 Å². The third-order valence-electron chi connectivity index (χ3n) is 4.38. The molecule has 3 heterocycles. The molecule has 2 atom stereocenters. The molecule has 1 aliphatic rings. The molecule has 0 spiro atoms. The maximum atomic E-state index is 12.7. The molecule has 3 rings (SSSR count). The molecule has 1 amide bonds. The molecular formula is C16H22N4O2S. The van der Waals surface area contributed by atoms with Crippen LogP contribution in [-0.4, -0.2) is 46.2 Å². The summed E-state index contributed by atoms with van der Waals surface area (Å²) in [7, 11) is 0. The summed E-state index contributed by atoms with van der Waals surface area (Å²) in [6.07, 6.45) is 4.79. The third kappa shape index (κ3) is 3.30. The Kier molecular flexibility index (Phi) is 5.07. The lowest BCUT2D eigenvalue weighted by Crippen LogP contribution is -2.47. The number of hydrogen-bond donors (Lipinski definition) is 2. The first-order valence-corrected chi connectivity index (χ1v) is 8.98. The van der Waals surface area contributed by atoms with E-state index in [1.54, 1.807) is 17.7 Å². The average molecular weight is 334 g/mol. The summed E-state index contributed by atoms with van der Waals surface area (Å²) in [4.78, 5) is 24.4. The van der Waals surface area contributed by atoms with Crippen LogP contribution < -0.4 is 10.2 Å². The quantitative estimate of drug-likeness (QED) is 0.844. The molecule has 0 saturated carbocycles. The number of fused-ring (bicyclic) bond motifs is 1. The van der Waals surface area contributed by atoms with E-state index in [2.05, 4.69) is 20.2 Å². The molecule has 1 saturated heterocycles. The van der Waals surface area contributed by atoms with Crippen molar-refractivity contribution in [2.75, 3.05) is 18.1 Å². The van der Waals surface area contributed by atoms with Gasteiger partial charge in [0.05, 0.1) is 5.39 Å². The molecular weight excluding hydrogens is 312 g/mol. The number of thiophene rings is 1. The minimum atomic E-state index is -0.194. The number of carbonyl (C=O) groups is 1. The number of aliphatic hydroxyl groups is 1. The zero-order valence-electron chi connectivity index (χ0n) is 13.2. The van der Waals surface area contributed by atoms with E-state index in [0.717, 1.165) is 41.8 Å². The lowest BCUT2D eigenvalue weighted by Gasteiger charge is -2.27. The Morgan fingerprint density at radius 2 is 2.43 bits per heavy atom. The van der Waals surface area contributed by atoms with Crippen LogP contribution in [0.15, 0.2) is 17.8 Å². The smallest absolute Gasteiger partial charge is 0.242 e. The van der Waals surface area contributed by atoms with Gasteiger partial charge in [0.2, 0.25) is 5.91 Å². The van der Waals surface area contributed by atoms with Crippen LogP contribution in [0.2, 0.25) is 0 Å². The predicted molar refractivity (Wildman–Crippen MR) is 91.7 cm³/mol. The number of anilines is 1. The number of nitrogens with zero attached hydrogens (tertiary/aromatic N) is 3. The first-order valence-electron chi connectivity index (χ1n) is 8.10. The fourth-order valence-electron chi connectivity index (χ4n) is 3.13.